The fraction of sp³-hybridized carbons (Fsp3) is 0.115. The van der Waals surface area contributed by atoms with Crippen molar-refractivity contribution in [2.75, 3.05) is 9.80 Å². The summed E-state index contributed by atoms with van der Waals surface area (Å²) in [6.07, 6.45) is 3.51. The van der Waals surface area contributed by atoms with E-state index in [2.05, 4.69) is 210 Å². The van der Waals surface area contributed by atoms with Crippen molar-refractivity contribution in [3.63, 3.8) is 0 Å². The number of fused-ring (bicyclic) bond motifs is 4. The summed E-state index contributed by atoms with van der Waals surface area (Å²) in [5.41, 5.74) is 14.1. The van der Waals surface area contributed by atoms with Crippen molar-refractivity contribution < 1.29 is 0 Å². The van der Waals surface area contributed by atoms with E-state index in [9.17, 15) is 0 Å². The number of rotatable bonds is 7. The molecule has 0 N–H and O–H groups in total. The maximum atomic E-state index is 2.63. The summed E-state index contributed by atoms with van der Waals surface area (Å²) in [6.45, 7) is 0. The van der Waals surface area contributed by atoms with Crippen LogP contribution in [0.5, 0.6) is 0 Å². The van der Waals surface area contributed by atoms with Gasteiger partial charge in [-0.25, -0.2) is 0 Å². The Kier molecular flexibility index (Phi) is 8.30. The second kappa shape index (κ2) is 13.9. The number of para-hydroxylation sites is 3. The molecule has 1 heterocycles. The summed E-state index contributed by atoms with van der Waals surface area (Å²) in [5.74, 6) is 0.999. The third-order valence-corrected chi connectivity index (χ3v) is 11.8. The molecule has 0 spiro atoms. The van der Waals surface area contributed by atoms with Crippen molar-refractivity contribution in [3.8, 4) is 22.3 Å². The molecule has 0 radical (unpaired) electrons. The van der Waals surface area contributed by atoms with Crippen molar-refractivity contribution in [2.45, 2.75) is 37.1 Å². The van der Waals surface area contributed by atoms with E-state index >= 15 is 0 Å². The minimum absolute atomic E-state index is 0.491. The van der Waals surface area contributed by atoms with Crippen LogP contribution in [-0.2, 0) is 0 Å². The van der Waals surface area contributed by atoms with E-state index in [0.29, 0.717) is 17.9 Å². The van der Waals surface area contributed by atoms with Gasteiger partial charge in [0.25, 0.3) is 0 Å². The maximum absolute atomic E-state index is 2.63. The van der Waals surface area contributed by atoms with E-state index in [4.69, 9.17) is 0 Å². The third kappa shape index (κ3) is 5.76. The lowest BCUT2D eigenvalue weighted by molar-refractivity contribution is 0.362. The maximum Gasteiger partial charge on any atom is 0.0462 e. The number of hydrogen-bond donors (Lipinski definition) is 0. The summed E-state index contributed by atoms with van der Waals surface area (Å²) >= 11 is 0. The van der Waals surface area contributed by atoms with Crippen LogP contribution in [0.1, 0.15) is 42.2 Å². The van der Waals surface area contributed by atoms with Crippen molar-refractivity contribution in [1.82, 2.24) is 0 Å². The zero-order valence-electron chi connectivity index (χ0n) is 30.3. The van der Waals surface area contributed by atoms with Crippen LogP contribution < -0.4 is 9.80 Å². The van der Waals surface area contributed by atoms with Crippen LogP contribution >= 0.6 is 0 Å². The molecule has 2 heteroatoms. The van der Waals surface area contributed by atoms with Gasteiger partial charge in [0.1, 0.15) is 0 Å². The second-order valence-electron chi connectivity index (χ2n) is 14.8. The standard InChI is InChI=1S/C52H42N2/c1-4-14-37(15-5-1)38-26-31-44(32-27-38)53(42-18-6-2-7-19-42)45-33-28-39(29-34-45)46-23-12-16-40-17-13-24-47(52(40)46)41-30-35-51-49(36-41)48-22-10-11-25-50(48)54(51)43-20-8-3-9-21-43/h1-29,31-34,41,49,51H,30,35-36H2. The van der Waals surface area contributed by atoms with Crippen molar-refractivity contribution in [3.05, 3.63) is 211 Å². The summed E-state index contributed by atoms with van der Waals surface area (Å²) in [5, 5.41) is 2.72. The Balaban J connectivity index is 0.991. The molecule has 3 unspecified atom stereocenters. The molecule has 0 bridgehead atoms. The van der Waals surface area contributed by atoms with Gasteiger partial charge in [-0.1, -0.05) is 146 Å². The summed E-state index contributed by atoms with van der Waals surface area (Å²) < 4.78 is 0. The number of hydrogen-bond acceptors (Lipinski definition) is 2. The molecule has 2 nitrogen and oxygen atoms in total. The number of benzene rings is 8. The predicted molar refractivity (Wildman–Crippen MR) is 228 cm³/mol. The number of anilines is 5. The highest BCUT2D eigenvalue weighted by molar-refractivity contribution is 5.99. The highest BCUT2D eigenvalue weighted by Crippen LogP contribution is 2.54. The van der Waals surface area contributed by atoms with Gasteiger partial charge in [0.15, 0.2) is 0 Å². The van der Waals surface area contributed by atoms with Gasteiger partial charge in [-0.05, 0) is 124 Å². The van der Waals surface area contributed by atoms with E-state index in [1.807, 2.05) is 0 Å². The topological polar surface area (TPSA) is 6.48 Å². The third-order valence-electron chi connectivity index (χ3n) is 11.8. The average Bonchev–Trinajstić information content (AvgIpc) is 3.58. The Bertz CT molecular complexity index is 2520. The number of nitrogens with zero attached hydrogens (tertiary/aromatic N) is 2. The van der Waals surface area contributed by atoms with Crippen LogP contribution in [0, 0.1) is 0 Å². The Morgan fingerprint density at radius 1 is 0.426 bits per heavy atom. The van der Waals surface area contributed by atoms with Crippen LogP contribution in [0.15, 0.2) is 200 Å². The molecule has 3 atom stereocenters. The van der Waals surface area contributed by atoms with E-state index in [1.165, 1.54) is 68.4 Å². The minimum Gasteiger partial charge on any atom is -0.338 e. The zero-order valence-corrected chi connectivity index (χ0v) is 30.3. The lowest BCUT2D eigenvalue weighted by Crippen LogP contribution is -2.34. The summed E-state index contributed by atoms with van der Waals surface area (Å²) in [4.78, 5) is 4.98. The van der Waals surface area contributed by atoms with Gasteiger partial charge in [-0.2, -0.15) is 0 Å². The molecule has 0 saturated heterocycles. The van der Waals surface area contributed by atoms with Gasteiger partial charge in [-0.3, -0.25) is 0 Å². The first kappa shape index (κ1) is 32.3. The van der Waals surface area contributed by atoms with Gasteiger partial charge >= 0.3 is 0 Å². The predicted octanol–water partition coefficient (Wildman–Crippen LogP) is 14.2. The quantitative estimate of drug-likeness (QED) is 0.164. The van der Waals surface area contributed by atoms with Gasteiger partial charge < -0.3 is 9.80 Å². The van der Waals surface area contributed by atoms with Crippen molar-refractivity contribution >= 4 is 39.2 Å². The van der Waals surface area contributed by atoms with Gasteiger partial charge in [0.05, 0.1) is 0 Å². The van der Waals surface area contributed by atoms with E-state index in [0.717, 1.165) is 23.5 Å². The largest absolute Gasteiger partial charge is 0.338 e. The Hall–Kier alpha value is -6.38. The molecule has 8 aromatic rings. The monoisotopic (exact) mass is 694 g/mol. The molecule has 0 aromatic heterocycles. The SMILES string of the molecule is c1ccc(-c2ccc(N(c3ccccc3)c3ccc(-c4cccc5cccc(C6CCC7C(C6)c6ccccc6N7c6ccccc6)c45)cc3)cc2)cc1. The summed E-state index contributed by atoms with van der Waals surface area (Å²) in [6, 6.07) is 73.9. The molecule has 8 aromatic carbocycles. The Morgan fingerprint density at radius 3 is 1.70 bits per heavy atom. The molecule has 1 fully saturated rings. The molecule has 1 saturated carbocycles. The van der Waals surface area contributed by atoms with E-state index < -0.39 is 0 Å². The highest BCUT2D eigenvalue weighted by atomic mass is 15.2. The van der Waals surface area contributed by atoms with Gasteiger partial charge in [-0.15, -0.1) is 0 Å². The zero-order chi connectivity index (χ0) is 35.8. The molecule has 10 rings (SSSR count). The van der Waals surface area contributed by atoms with Crippen LogP contribution in [0.2, 0.25) is 0 Å². The normalized spacial score (nSPS) is 17.6. The molecule has 2 aliphatic rings. The first-order chi connectivity index (χ1) is 26.8. The molecule has 1 aliphatic heterocycles. The average molecular weight is 695 g/mol. The van der Waals surface area contributed by atoms with Crippen LogP contribution in [0.3, 0.4) is 0 Å². The molecule has 54 heavy (non-hydrogen) atoms. The highest BCUT2D eigenvalue weighted by Gasteiger charge is 2.43. The fourth-order valence-corrected chi connectivity index (χ4v) is 9.40. The van der Waals surface area contributed by atoms with Crippen LogP contribution in [0.4, 0.5) is 28.4 Å². The van der Waals surface area contributed by atoms with Crippen LogP contribution in [0.25, 0.3) is 33.0 Å². The smallest absolute Gasteiger partial charge is 0.0462 e. The van der Waals surface area contributed by atoms with Crippen molar-refractivity contribution in [2.24, 2.45) is 0 Å². The first-order valence-electron chi connectivity index (χ1n) is 19.4. The minimum atomic E-state index is 0.491. The van der Waals surface area contributed by atoms with Crippen LogP contribution in [-0.4, -0.2) is 6.04 Å². The lowest BCUT2D eigenvalue weighted by atomic mass is 9.72. The molecule has 0 amide bonds. The Labute approximate surface area is 318 Å². The molecular weight excluding hydrogens is 653 g/mol. The summed E-state index contributed by atoms with van der Waals surface area (Å²) in [7, 11) is 0. The molecular formula is C52H42N2. The Morgan fingerprint density at radius 2 is 0.981 bits per heavy atom. The van der Waals surface area contributed by atoms with Gasteiger partial charge in [0.2, 0.25) is 0 Å². The van der Waals surface area contributed by atoms with Gasteiger partial charge in [0, 0.05) is 40.4 Å². The molecule has 1 aliphatic carbocycles. The first-order valence-corrected chi connectivity index (χ1v) is 19.4. The lowest BCUT2D eigenvalue weighted by Gasteiger charge is -2.37. The van der Waals surface area contributed by atoms with E-state index in [1.54, 1.807) is 0 Å². The van der Waals surface area contributed by atoms with E-state index in [-0.39, 0.29) is 0 Å². The fourth-order valence-electron chi connectivity index (χ4n) is 9.40. The molecule has 260 valence electrons. The van der Waals surface area contributed by atoms with Crippen molar-refractivity contribution in [1.29, 1.82) is 0 Å². The second-order valence-corrected chi connectivity index (χ2v) is 14.8.